The van der Waals surface area contributed by atoms with Crippen LogP contribution in [0.5, 0.6) is 0 Å². The number of benzene rings is 2. The fourth-order valence-electron chi connectivity index (χ4n) is 3.03. The van der Waals surface area contributed by atoms with Crippen LogP contribution in [-0.4, -0.2) is 42.4 Å². The Morgan fingerprint density at radius 2 is 1.81 bits per heavy atom. The van der Waals surface area contributed by atoms with Gasteiger partial charge in [-0.3, -0.25) is 4.79 Å². The summed E-state index contributed by atoms with van der Waals surface area (Å²) < 4.78 is 10.6. The van der Waals surface area contributed by atoms with Crippen molar-refractivity contribution in [3.05, 3.63) is 59.9 Å². The first-order chi connectivity index (χ1) is 13.2. The molecule has 7 nitrogen and oxygen atoms in total. The number of nitrogens with one attached hydrogen (secondary N) is 1. The molecule has 2 aromatic carbocycles. The smallest absolute Gasteiger partial charge is 0.257 e. The number of hydrogen-bond donors (Lipinski definition) is 1. The summed E-state index contributed by atoms with van der Waals surface area (Å²) in [6.07, 6.45) is 0. The van der Waals surface area contributed by atoms with E-state index in [9.17, 15) is 4.79 Å². The van der Waals surface area contributed by atoms with Crippen LogP contribution < -0.4 is 10.2 Å². The average molecular weight is 364 g/mol. The number of anilines is 2. The number of hydrogen-bond acceptors (Lipinski definition) is 6. The van der Waals surface area contributed by atoms with Crippen LogP contribution in [0.4, 0.5) is 11.4 Å². The van der Waals surface area contributed by atoms with Gasteiger partial charge in [0.15, 0.2) is 5.82 Å². The van der Waals surface area contributed by atoms with Gasteiger partial charge in [-0.15, -0.1) is 0 Å². The molecule has 138 valence electrons. The molecule has 0 spiro atoms. The normalized spacial score (nSPS) is 14.2. The highest BCUT2D eigenvalue weighted by Crippen LogP contribution is 2.27. The maximum absolute atomic E-state index is 12.7. The molecule has 0 bridgehead atoms. The monoisotopic (exact) mass is 364 g/mol. The third-order valence-corrected chi connectivity index (χ3v) is 4.43. The standard InChI is InChI=1S/C20H20N4O3/c1-14-21-20(27-23-14)16-8-6-15(7-9-16)19(25)22-17-4-2-3-5-18(17)24-10-12-26-13-11-24/h2-9H,10-13H2,1H3,(H,22,25). The summed E-state index contributed by atoms with van der Waals surface area (Å²) in [7, 11) is 0. The molecule has 3 aromatic rings. The quantitative estimate of drug-likeness (QED) is 0.766. The molecule has 27 heavy (non-hydrogen) atoms. The fraction of sp³-hybridized carbons (Fsp3) is 0.250. The van der Waals surface area contributed by atoms with Crippen LogP contribution in [-0.2, 0) is 4.74 Å². The second kappa shape index (κ2) is 7.59. The molecule has 0 saturated carbocycles. The molecule has 2 heterocycles. The lowest BCUT2D eigenvalue weighted by Crippen LogP contribution is -2.36. The molecule has 1 N–H and O–H groups in total. The lowest BCUT2D eigenvalue weighted by atomic mass is 10.1. The van der Waals surface area contributed by atoms with Crippen molar-refractivity contribution < 1.29 is 14.1 Å². The largest absolute Gasteiger partial charge is 0.378 e. The first-order valence-electron chi connectivity index (χ1n) is 8.84. The number of ether oxygens (including phenoxy) is 1. The van der Waals surface area contributed by atoms with E-state index in [2.05, 4.69) is 20.4 Å². The van der Waals surface area contributed by atoms with Crippen molar-refractivity contribution in [3.8, 4) is 11.5 Å². The minimum atomic E-state index is -0.163. The van der Waals surface area contributed by atoms with E-state index in [1.165, 1.54) is 0 Å². The van der Waals surface area contributed by atoms with Crippen molar-refractivity contribution >= 4 is 17.3 Å². The van der Waals surface area contributed by atoms with Crippen molar-refractivity contribution in [2.75, 3.05) is 36.5 Å². The van der Waals surface area contributed by atoms with E-state index in [4.69, 9.17) is 9.26 Å². The zero-order valence-electron chi connectivity index (χ0n) is 15.0. The average Bonchev–Trinajstić information content (AvgIpc) is 3.15. The zero-order valence-corrected chi connectivity index (χ0v) is 15.0. The number of amides is 1. The van der Waals surface area contributed by atoms with E-state index in [1.807, 2.05) is 24.3 Å². The molecular weight excluding hydrogens is 344 g/mol. The third kappa shape index (κ3) is 3.83. The van der Waals surface area contributed by atoms with Crippen LogP contribution in [0.3, 0.4) is 0 Å². The maximum atomic E-state index is 12.7. The minimum Gasteiger partial charge on any atom is -0.378 e. The number of carbonyl (C=O) groups excluding carboxylic acids is 1. The van der Waals surface area contributed by atoms with Crippen molar-refractivity contribution in [2.45, 2.75) is 6.92 Å². The predicted molar refractivity (Wildman–Crippen MR) is 102 cm³/mol. The molecule has 1 fully saturated rings. The van der Waals surface area contributed by atoms with Gasteiger partial charge in [0.25, 0.3) is 11.8 Å². The van der Waals surface area contributed by atoms with Gasteiger partial charge in [0, 0.05) is 24.2 Å². The molecule has 1 amide bonds. The van der Waals surface area contributed by atoms with Crippen LogP contribution >= 0.6 is 0 Å². The number of para-hydroxylation sites is 2. The Bertz CT molecular complexity index is 930. The van der Waals surface area contributed by atoms with E-state index < -0.39 is 0 Å². The topological polar surface area (TPSA) is 80.5 Å². The summed E-state index contributed by atoms with van der Waals surface area (Å²) in [6, 6.07) is 14.9. The van der Waals surface area contributed by atoms with Gasteiger partial charge >= 0.3 is 0 Å². The number of rotatable bonds is 4. The molecule has 0 radical (unpaired) electrons. The second-order valence-electron chi connectivity index (χ2n) is 6.29. The first kappa shape index (κ1) is 17.2. The molecule has 1 aliphatic heterocycles. The SMILES string of the molecule is Cc1noc(-c2ccc(C(=O)Nc3ccccc3N3CCOCC3)cc2)n1. The first-order valence-corrected chi connectivity index (χ1v) is 8.84. The Morgan fingerprint density at radius 1 is 1.07 bits per heavy atom. The van der Waals surface area contributed by atoms with Gasteiger partial charge in [-0.05, 0) is 43.3 Å². The lowest BCUT2D eigenvalue weighted by molar-refractivity contribution is 0.102. The summed E-state index contributed by atoms with van der Waals surface area (Å²) in [5.74, 6) is 0.854. The van der Waals surface area contributed by atoms with Gasteiger partial charge in [0.05, 0.1) is 24.6 Å². The molecule has 1 saturated heterocycles. The van der Waals surface area contributed by atoms with Crippen molar-refractivity contribution in [1.29, 1.82) is 0 Å². The summed E-state index contributed by atoms with van der Waals surface area (Å²) in [5, 5.41) is 6.80. The van der Waals surface area contributed by atoms with E-state index in [0.717, 1.165) is 30.0 Å². The Hall–Kier alpha value is -3.19. The second-order valence-corrected chi connectivity index (χ2v) is 6.29. The summed E-state index contributed by atoms with van der Waals surface area (Å²) >= 11 is 0. The van der Waals surface area contributed by atoms with Crippen molar-refractivity contribution in [2.24, 2.45) is 0 Å². The number of aryl methyl sites for hydroxylation is 1. The van der Waals surface area contributed by atoms with Crippen molar-refractivity contribution in [1.82, 2.24) is 10.1 Å². The molecule has 0 atom stereocenters. The molecule has 0 aliphatic carbocycles. The number of carbonyl (C=O) groups is 1. The summed E-state index contributed by atoms with van der Waals surface area (Å²) in [4.78, 5) is 19.1. The van der Waals surface area contributed by atoms with Gasteiger partial charge in [0.1, 0.15) is 0 Å². The zero-order chi connectivity index (χ0) is 18.6. The highest BCUT2D eigenvalue weighted by atomic mass is 16.5. The predicted octanol–water partition coefficient (Wildman–Crippen LogP) is 3.13. The van der Waals surface area contributed by atoms with Gasteiger partial charge < -0.3 is 19.5 Å². The summed E-state index contributed by atoms with van der Waals surface area (Å²) in [5.41, 5.74) is 3.14. The Labute approximate surface area is 156 Å². The van der Waals surface area contributed by atoms with Gasteiger partial charge in [-0.2, -0.15) is 4.98 Å². The molecule has 7 heteroatoms. The molecule has 1 aromatic heterocycles. The Balaban J connectivity index is 1.51. The number of aromatic nitrogens is 2. The molecule has 0 unspecified atom stereocenters. The van der Waals surface area contributed by atoms with Crippen LogP contribution in [0.2, 0.25) is 0 Å². The molecule has 1 aliphatic rings. The minimum absolute atomic E-state index is 0.163. The van der Waals surface area contributed by atoms with Gasteiger partial charge in [-0.1, -0.05) is 17.3 Å². The number of morpholine rings is 1. The fourth-order valence-corrected chi connectivity index (χ4v) is 3.03. The lowest BCUT2D eigenvalue weighted by Gasteiger charge is -2.30. The van der Waals surface area contributed by atoms with Gasteiger partial charge in [-0.25, -0.2) is 0 Å². The molecular formula is C20H20N4O3. The van der Waals surface area contributed by atoms with Crippen LogP contribution in [0.1, 0.15) is 16.2 Å². The van der Waals surface area contributed by atoms with E-state index in [0.29, 0.717) is 30.5 Å². The molecule has 4 rings (SSSR count). The highest BCUT2D eigenvalue weighted by molar-refractivity contribution is 6.06. The van der Waals surface area contributed by atoms with Crippen LogP contribution in [0, 0.1) is 6.92 Å². The third-order valence-electron chi connectivity index (χ3n) is 4.43. The summed E-state index contributed by atoms with van der Waals surface area (Å²) in [6.45, 7) is 4.77. The van der Waals surface area contributed by atoms with E-state index in [-0.39, 0.29) is 5.91 Å². The van der Waals surface area contributed by atoms with E-state index in [1.54, 1.807) is 31.2 Å². The Morgan fingerprint density at radius 3 is 2.52 bits per heavy atom. The highest BCUT2D eigenvalue weighted by Gasteiger charge is 2.16. The van der Waals surface area contributed by atoms with Crippen LogP contribution in [0.25, 0.3) is 11.5 Å². The number of nitrogens with zero attached hydrogens (tertiary/aromatic N) is 3. The Kier molecular flexibility index (Phi) is 4.84. The van der Waals surface area contributed by atoms with E-state index >= 15 is 0 Å². The maximum Gasteiger partial charge on any atom is 0.257 e. The van der Waals surface area contributed by atoms with Crippen LogP contribution in [0.15, 0.2) is 53.1 Å². The van der Waals surface area contributed by atoms with Crippen molar-refractivity contribution in [3.63, 3.8) is 0 Å². The van der Waals surface area contributed by atoms with Gasteiger partial charge in [0.2, 0.25) is 0 Å².